The van der Waals surface area contributed by atoms with Gasteiger partial charge in [0, 0.05) is 10.2 Å². The third-order valence-corrected chi connectivity index (χ3v) is 4.22. The Morgan fingerprint density at radius 1 is 1.24 bits per heavy atom. The topological polar surface area (TPSA) is 47.6 Å². The van der Waals surface area contributed by atoms with Crippen molar-refractivity contribution in [1.29, 1.82) is 0 Å². The van der Waals surface area contributed by atoms with Crippen LogP contribution >= 0.6 is 27.5 Å². The number of nitrogens with one attached hydrogen (secondary N) is 1. The van der Waals surface area contributed by atoms with E-state index in [9.17, 15) is 4.79 Å². The SMILES string of the molecule is O=C(Nc1ccc(Br)c(Cl)c1)[C@@H]1COc2ccccc2O1. The molecule has 108 valence electrons. The summed E-state index contributed by atoms with van der Waals surface area (Å²) in [7, 11) is 0. The molecule has 21 heavy (non-hydrogen) atoms. The number of rotatable bonds is 2. The largest absolute Gasteiger partial charge is 0.485 e. The van der Waals surface area contributed by atoms with Crippen LogP contribution in [0.15, 0.2) is 46.9 Å². The van der Waals surface area contributed by atoms with Gasteiger partial charge < -0.3 is 14.8 Å². The fourth-order valence-corrected chi connectivity index (χ4v) is 2.37. The molecule has 1 N–H and O–H groups in total. The summed E-state index contributed by atoms with van der Waals surface area (Å²) in [6.07, 6.45) is -0.692. The first-order valence-corrected chi connectivity index (χ1v) is 7.45. The Morgan fingerprint density at radius 3 is 2.76 bits per heavy atom. The molecule has 0 unspecified atom stereocenters. The molecular weight excluding hydrogens is 358 g/mol. The lowest BCUT2D eigenvalue weighted by Crippen LogP contribution is -2.40. The van der Waals surface area contributed by atoms with Gasteiger partial charge in [-0.15, -0.1) is 0 Å². The Morgan fingerprint density at radius 2 is 2.00 bits per heavy atom. The number of ether oxygens (including phenoxy) is 2. The van der Waals surface area contributed by atoms with Crippen molar-refractivity contribution in [3.05, 3.63) is 52.0 Å². The zero-order chi connectivity index (χ0) is 14.8. The number of hydrogen-bond acceptors (Lipinski definition) is 3. The van der Waals surface area contributed by atoms with E-state index in [1.54, 1.807) is 30.3 Å². The summed E-state index contributed by atoms with van der Waals surface area (Å²) in [5.74, 6) is 0.939. The number of carbonyl (C=O) groups is 1. The quantitative estimate of drug-likeness (QED) is 0.875. The van der Waals surface area contributed by atoms with Crippen molar-refractivity contribution in [2.45, 2.75) is 6.10 Å². The lowest BCUT2D eigenvalue weighted by molar-refractivity contribution is -0.125. The molecule has 4 nitrogen and oxygen atoms in total. The van der Waals surface area contributed by atoms with Gasteiger partial charge in [-0.3, -0.25) is 4.79 Å². The Kier molecular flexibility index (Phi) is 4.03. The summed E-state index contributed by atoms with van der Waals surface area (Å²) >= 11 is 9.30. The molecule has 1 aliphatic heterocycles. The van der Waals surface area contributed by atoms with E-state index in [2.05, 4.69) is 21.2 Å². The first-order chi connectivity index (χ1) is 10.1. The van der Waals surface area contributed by atoms with E-state index in [-0.39, 0.29) is 12.5 Å². The van der Waals surface area contributed by atoms with Gasteiger partial charge >= 0.3 is 0 Å². The molecule has 0 saturated carbocycles. The van der Waals surface area contributed by atoms with Gasteiger partial charge in [-0.1, -0.05) is 23.7 Å². The van der Waals surface area contributed by atoms with Crippen LogP contribution in [0.4, 0.5) is 5.69 Å². The molecule has 1 atom stereocenters. The molecule has 1 amide bonds. The van der Waals surface area contributed by atoms with Gasteiger partial charge in [0.15, 0.2) is 11.5 Å². The summed E-state index contributed by atoms with van der Waals surface area (Å²) in [6.45, 7) is 0.174. The summed E-state index contributed by atoms with van der Waals surface area (Å²) in [5.41, 5.74) is 0.607. The van der Waals surface area contributed by atoms with Gasteiger partial charge in [0.25, 0.3) is 5.91 Å². The fourth-order valence-electron chi connectivity index (χ4n) is 1.95. The van der Waals surface area contributed by atoms with Gasteiger partial charge in [0.05, 0.1) is 5.02 Å². The number of fused-ring (bicyclic) bond motifs is 1. The van der Waals surface area contributed by atoms with Crippen molar-refractivity contribution >= 4 is 39.1 Å². The second kappa shape index (κ2) is 5.95. The average molecular weight is 369 g/mol. The minimum absolute atomic E-state index is 0.174. The second-order valence-corrected chi connectivity index (χ2v) is 5.74. The Hall–Kier alpha value is -1.72. The molecule has 0 fully saturated rings. The van der Waals surface area contributed by atoms with Gasteiger partial charge in [-0.05, 0) is 46.3 Å². The Bertz CT molecular complexity index is 692. The molecule has 1 heterocycles. The predicted octanol–water partition coefficient (Wildman–Crippen LogP) is 3.88. The first-order valence-electron chi connectivity index (χ1n) is 6.28. The number of hydrogen-bond donors (Lipinski definition) is 1. The van der Waals surface area contributed by atoms with Crippen molar-refractivity contribution in [3.8, 4) is 11.5 Å². The van der Waals surface area contributed by atoms with Gasteiger partial charge in [-0.2, -0.15) is 0 Å². The summed E-state index contributed by atoms with van der Waals surface area (Å²) in [4.78, 5) is 12.2. The molecule has 0 bridgehead atoms. The molecule has 0 aliphatic carbocycles. The minimum atomic E-state index is -0.692. The summed E-state index contributed by atoms with van der Waals surface area (Å²) in [6, 6.07) is 12.4. The molecule has 2 aromatic carbocycles. The fraction of sp³-hybridized carbons (Fsp3) is 0.133. The van der Waals surface area contributed by atoms with Crippen LogP contribution in [0.1, 0.15) is 0 Å². The summed E-state index contributed by atoms with van der Waals surface area (Å²) < 4.78 is 11.9. The van der Waals surface area contributed by atoms with Crippen LogP contribution in [0.5, 0.6) is 11.5 Å². The smallest absolute Gasteiger partial charge is 0.269 e. The molecule has 0 saturated heterocycles. The molecule has 6 heteroatoms. The van der Waals surface area contributed by atoms with E-state index >= 15 is 0 Å². The highest BCUT2D eigenvalue weighted by Crippen LogP contribution is 2.31. The zero-order valence-electron chi connectivity index (χ0n) is 10.8. The number of carbonyl (C=O) groups excluding carboxylic acids is 1. The lowest BCUT2D eigenvalue weighted by Gasteiger charge is -2.25. The van der Waals surface area contributed by atoms with E-state index in [1.165, 1.54) is 0 Å². The van der Waals surface area contributed by atoms with Crippen LogP contribution in [0.3, 0.4) is 0 Å². The van der Waals surface area contributed by atoms with E-state index in [4.69, 9.17) is 21.1 Å². The highest BCUT2D eigenvalue weighted by Gasteiger charge is 2.27. The minimum Gasteiger partial charge on any atom is -0.485 e. The van der Waals surface area contributed by atoms with Gasteiger partial charge in [0.1, 0.15) is 6.61 Å². The third-order valence-electron chi connectivity index (χ3n) is 2.99. The van der Waals surface area contributed by atoms with Crippen LogP contribution in [0.25, 0.3) is 0 Å². The van der Waals surface area contributed by atoms with E-state index in [0.717, 1.165) is 4.47 Å². The monoisotopic (exact) mass is 367 g/mol. The lowest BCUT2D eigenvalue weighted by atomic mass is 10.2. The first kappa shape index (κ1) is 14.2. The van der Waals surface area contributed by atoms with Crippen molar-refractivity contribution < 1.29 is 14.3 Å². The second-order valence-electron chi connectivity index (χ2n) is 4.48. The molecule has 2 aromatic rings. The van der Waals surface area contributed by atoms with Crippen molar-refractivity contribution in [2.24, 2.45) is 0 Å². The van der Waals surface area contributed by atoms with Gasteiger partial charge in [-0.25, -0.2) is 0 Å². The number of benzene rings is 2. The molecule has 0 aromatic heterocycles. The third kappa shape index (κ3) is 3.14. The average Bonchev–Trinajstić information content (AvgIpc) is 2.50. The van der Waals surface area contributed by atoms with Gasteiger partial charge in [0.2, 0.25) is 6.10 Å². The molecule has 0 radical (unpaired) electrons. The Labute approximate surface area is 135 Å². The molecule has 3 rings (SSSR count). The van der Waals surface area contributed by atoms with Crippen LogP contribution in [0.2, 0.25) is 5.02 Å². The van der Waals surface area contributed by atoms with E-state index < -0.39 is 6.10 Å². The van der Waals surface area contributed by atoms with Crippen molar-refractivity contribution in [1.82, 2.24) is 0 Å². The van der Waals surface area contributed by atoms with Crippen molar-refractivity contribution in [3.63, 3.8) is 0 Å². The normalized spacial score (nSPS) is 16.4. The number of anilines is 1. The maximum atomic E-state index is 12.2. The highest BCUT2D eigenvalue weighted by molar-refractivity contribution is 9.10. The number of para-hydroxylation sites is 2. The van der Waals surface area contributed by atoms with Crippen LogP contribution in [-0.4, -0.2) is 18.6 Å². The molecule has 0 spiro atoms. The highest BCUT2D eigenvalue weighted by atomic mass is 79.9. The number of amides is 1. The van der Waals surface area contributed by atoms with Crippen LogP contribution in [0, 0.1) is 0 Å². The maximum absolute atomic E-state index is 12.2. The molecule has 1 aliphatic rings. The van der Waals surface area contributed by atoms with Crippen molar-refractivity contribution in [2.75, 3.05) is 11.9 Å². The van der Waals surface area contributed by atoms with Crippen LogP contribution in [-0.2, 0) is 4.79 Å². The summed E-state index contributed by atoms with van der Waals surface area (Å²) in [5, 5.41) is 3.29. The van der Waals surface area contributed by atoms with E-state index in [1.807, 2.05) is 12.1 Å². The molecular formula is C15H11BrClNO3. The standard InChI is InChI=1S/C15H11BrClNO3/c16-10-6-5-9(7-11(10)17)18-15(19)14-8-20-12-3-1-2-4-13(12)21-14/h1-7,14H,8H2,(H,18,19)/t14-/m0/s1. The maximum Gasteiger partial charge on any atom is 0.269 e. The van der Waals surface area contributed by atoms with E-state index in [0.29, 0.717) is 22.2 Å². The van der Waals surface area contributed by atoms with Crippen LogP contribution < -0.4 is 14.8 Å². The number of halogens is 2. The predicted molar refractivity (Wildman–Crippen MR) is 84.1 cm³/mol. The Balaban J connectivity index is 1.70. The zero-order valence-corrected chi connectivity index (χ0v) is 13.1.